The predicted molar refractivity (Wildman–Crippen MR) is 134 cm³/mol. The second-order valence-corrected chi connectivity index (χ2v) is 10.1. The quantitative estimate of drug-likeness (QED) is 0.616. The maximum Gasteiger partial charge on any atom is 0.210 e. The van der Waals surface area contributed by atoms with Crippen molar-refractivity contribution in [3.63, 3.8) is 0 Å². The highest BCUT2D eigenvalue weighted by molar-refractivity contribution is 7.08. The largest absolute Gasteiger partial charge is 0.496 e. The number of hydrogen-bond donors (Lipinski definition) is 1. The summed E-state index contributed by atoms with van der Waals surface area (Å²) < 4.78 is 19.0. The van der Waals surface area contributed by atoms with Gasteiger partial charge in [0, 0.05) is 43.2 Å². The minimum Gasteiger partial charge on any atom is -0.496 e. The first kappa shape index (κ1) is 21.5. The minimum absolute atomic E-state index is 0.498. The number of thiophene rings is 1. The van der Waals surface area contributed by atoms with Gasteiger partial charge in [0.25, 0.3) is 0 Å². The molecule has 1 aromatic heterocycles. The summed E-state index contributed by atoms with van der Waals surface area (Å²) in [5.74, 6) is 3.63. The van der Waals surface area contributed by atoms with Crippen LogP contribution in [0.4, 0.5) is 11.4 Å². The number of aliphatic imine (C=N–C) groups is 1. The average molecular weight is 480 g/mol. The fourth-order valence-electron chi connectivity index (χ4n) is 5.32. The number of fused-ring (bicyclic) bond motifs is 6. The highest BCUT2D eigenvalue weighted by atomic mass is 32.1. The molecule has 0 unspecified atom stereocenters. The van der Waals surface area contributed by atoms with E-state index in [0.717, 1.165) is 77.7 Å². The zero-order valence-corrected chi connectivity index (χ0v) is 20.3. The number of anilines is 1. The molecule has 8 nitrogen and oxygen atoms in total. The lowest BCUT2D eigenvalue weighted by molar-refractivity contribution is 0.209. The van der Waals surface area contributed by atoms with Crippen LogP contribution in [0.5, 0.6) is 11.5 Å². The molecule has 6 rings (SSSR count). The average Bonchev–Trinajstić information content (AvgIpc) is 3.46. The van der Waals surface area contributed by atoms with Crippen LogP contribution < -0.4 is 24.0 Å². The van der Waals surface area contributed by atoms with Gasteiger partial charge in [0.05, 0.1) is 37.9 Å². The van der Waals surface area contributed by atoms with E-state index in [2.05, 4.69) is 38.4 Å². The van der Waals surface area contributed by atoms with E-state index in [1.807, 2.05) is 12.4 Å². The van der Waals surface area contributed by atoms with E-state index in [1.165, 1.54) is 5.56 Å². The summed E-state index contributed by atoms with van der Waals surface area (Å²) in [7, 11) is 3.38. The third-order valence-electron chi connectivity index (χ3n) is 7.00. The molecule has 2 atom stereocenters. The molecule has 1 fully saturated rings. The lowest BCUT2D eigenvalue weighted by atomic mass is 9.86. The van der Waals surface area contributed by atoms with E-state index < -0.39 is 0 Å². The summed E-state index contributed by atoms with van der Waals surface area (Å²) in [5.41, 5.74) is 3.14. The van der Waals surface area contributed by atoms with E-state index in [4.69, 9.17) is 19.2 Å². The molecule has 0 saturated carbocycles. The molecule has 2 aromatic rings. The number of ether oxygens (including phenoxy) is 3. The summed E-state index contributed by atoms with van der Waals surface area (Å²) in [6.45, 7) is 5.04. The number of unbranched alkanes of at least 4 members (excludes halogenated alkanes) is 1. The molecule has 4 aliphatic rings. The van der Waals surface area contributed by atoms with Gasteiger partial charge in [-0.25, -0.2) is 9.98 Å². The van der Waals surface area contributed by atoms with Crippen LogP contribution in [-0.2, 0) is 4.74 Å². The van der Waals surface area contributed by atoms with Crippen molar-refractivity contribution < 1.29 is 14.2 Å². The van der Waals surface area contributed by atoms with Crippen LogP contribution in [0.25, 0.3) is 6.20 Å². The molecular weight excluding hydrogens is 450 g/mol. The van der Waals surface area contributed by atoms with E-state index in [1.54, 1.807) is 31.8 Å². The molecule has 34 heavy (non-hydrogen) atoms. The minimum atomic E-state index is 0.498. The molecule has 0 bridgehead atoms. The van der Waals surface area contributed by atoms with E-state index in [9.17, 15) is 0 Å². The smallest absolute Gasteiger partial charge is 0.210 e. The Morgan fingerprint density at radius 2 is 2.09 bits per heavy atom. The van der Waals surface area contributed by atoms with Crippen LogP contribution in [0, 0.1) is 5.92 Å². The number of rotatable bonds is 7. The van der Waals surface area contributed by atoms with Crippen molar-refractivity contribution in [3.05, 3.63) is 45.0 Å². The fraction of sp³-hybridized carbons (Fsp3) is 0.440. The second-order valence-electron chi connectivity index (χ2n) is 9.07. The van der Waals surface area contributed by atoms with E-state index in [-0.39, 0.29) is 0 Å². The Kier molecular flexibility index (Phi) is 5.66. The summed E-state index contributed by atoms with van der Waals surface area (Å²) in [5, 5.41) is 3.27. The Hall–Kier alpha value is -3.04. The second kappa shape index (κ2) is 8.96. The highest BCUT2D eigenvalue weighted by Gasteiger charge is 2.40. The van der Waals surface area contributed by atoms with Crippen molar-refractivity contribution in [2.45, 2.75) is 18.8 Å². The molecular formula is C25H29N5O3S. The Labute approximate surface area is 202 Å². The lowest BCUT2D eigenvalue weighted by Gasteiger charge is -2.29. The van der Waals surface area contributed by atoms with Gasteiger partial charge in [0.2, 0.25) is 5.88 Å². The fourth-order valence-corrected chi connectivity index (χ4v) is 6.32. The van der Waals surface area contributed by atoms with Crippen molar-refractivity contribution in [1.29, 1.82) is 0 Å². The van der Waals surface area contributed by atoms with Crippen LogP contribution in [0.3, 0.4) is 0 Å². The first-order valence-electron chi connectivity index (χ1n) is 11.8. The van der Waals surface area contributed by atoms with Gasteiger partial charge in [0.1, 0.15) is 27.5 Å². The first-order chi connectivity index (χ1) is 16.7. The summed E-state index contributed by atoms with van der Waals surface area (Å²) in [6.07, 6.45) is 8.08. The SMILES string of the molecule is COC1=CN=c2sc3c(c2N1)N=CN(CCCCN1C[C@H]2COc4cccc(OC)c4[C@@H]2C1)C=3. The zero-order chi connectivity index (χ0) is 23.1. The van der Waals surface area contributed by atoms with Gasteiger partial charge in [-0.1, -0.05) is 6.07 Å². The zero-order valence-electron chi connectivity index (χ0n) is 19.5. The third kappa shape index (κ3) is 3.82. The van der Waals surface area contributed by atoms with Gasteiger partial charge in [0.15, 0.2) is 0 Å². The molecule has 0 spiro atoms. The van der Waals surface area contributed by atoms with Gasteiger partial charge in [-0.05, 0) is 31.5 Å². The lowest BCUT2D eigenvalue weighted by Crippen LogP contribution is -2.26. The van der Waals surface area contributed by atoms with E-state index >= 15 is 0 Å². The number of nitrogens with zero attached hydrogens (tertiary/aromatic N) is 4. The summed E-state index contributed by atoms with van der Waals surface area (Å²) in [4.78, 5) is 14.0. The Morgan fingerprint density at radius 3 is 2.97 bits per heavy atom. The van der Waals surface area contributed by atoms with Gasteiger partial charge < -0.3 is 29.3 Å². The van der Waals surface area contributed by atoms with E-state index in [0.29, 0.717) is 17.7 Å². The summed E-state index contributed by atoms with van der Waals surface area (Å²) in [6, 6.07) is 6.13. The number of likely N-dealkylation sites (tertiary alicyclic amines) is 1. The number of methoxy groups -OCH3 is 2. The summed E-state index contributed by atoms with van der Waals surface area (Å²) >= 11 is 1.65. The number of nitrogens with one attached hydrogen (secondary N) is 1. The maximum absolute atomic E-state index is 6.05. The Morgan fingerprint density at radius 1 is 1.18 bits per heavy atom. The molecule has 0 aliphatic carbocycles. The van der Waals surface area contributed by atoms with Crippen molar-refractivity contribution >= 4 is 35.3 Å². The monoisotopic (exact) mass is 479 g/mol. The number of hydrogen-bond acceptors (Lipinski definition) is 9. The highest BCUT2D eigenvalue weighted by Crippen LogP contribution is 2.46. The van der Waals surface area contributed by atoms with Gasteiger partial charge in [-0.3, -0.25) is 0 Å². The standard InChI is InChI=1S/C25H29N5O3S/c1-31-18-6-5-7-19-22(18)17-12-29(11-16(17)14-33-19)8-3-4-9-30-13-20-23(27-15-30)24-25(34-20)26-10-21(28-24)32-2/h5-7,10,13,15-17,28H,3-4,8-9,11-12,14H2,1-2H3/t16-,17+/m0/s1. The van der Waals surface area contributed by atoms with Crippen molar-refractivity contribution in [2.24, 2.45) is 15.9 Å². The third-order valence-corrected chi connectivity index (χ3v) is 8.02. The molecule has 178 valence electrons. The normalized spacial score (nSPS) is 22.2. The molecule has 5 heterocycles. The topological polar surface area (TPSA) is 70.9 Å². The molecule has 0 radical (unpaired) electrons. The molecule has 1 saturated heterocycles. The van der Waals surface area contributed by atoms with Crippen molar-refractivity contribution in [1.82, 2.24) is 9.80 Å². The molecule has 9 heteroatoms. The van der Waals surface area contributed by atoms with Crippen molar-refractivity contribution in [2.75, 3.05) is 52.3 Å². The van der Waals surface area contributed by atoms with Crippen LogP contribution >= 0.6 is 11.3 Å². The van der Waals surface area contributed by atoms with Gasteiger partial charge >= 0.3 is 0 Å². The Bertz CT molecular complexity index is 1260. The Balaban J connectivity index is 1.03. The van der Waals surface area contributed by atoms with Crippen LogP contribution in [0.15, 0.2) is 40.3 Å². The maximum atomic E-state index is 6.05. The predicted octanol–water partition coefficient (Wildman–Crippen LogP) is 2.85. The molecule has 4 aliphatic heterocycles. The van der Waals surface area contributed by atoms with Gasteiger partial charge in [-0.15, -0.1) is 11.3 Å². The van der Waals surface area contributed by atoms with Gasteiger partial charge in [-0.2, -0.15) is 0 Å². The van der Waals surface area contributed by atoms with Crippen molar-refractivity contribution in [3.8, 4) is 11.5 Å². The van der Waals surface area contributed by atoms with Crippen LogP contribution in [0.1, 0.15) is 24.3 Å². The van der Waals surface area contributed by atoms with Crippen LogP contribution in [-0.4, -0.2) is 63.1 Å². The number of benzene rings is 1. The molecule has 0 amide bonds. The molecule has 1 N–H and O–H groups in total. The molecule has 1 aromatic carbocycles. The van der Waals surface area contributed by atoms with Crippen LogP contribution in [0.2, 0.25) is 0 Å². The first-order valence-corrected chi connectivity index (χ1v) is 12.6.